The van der Waals surface area contributed by atoms with Crippen molar-refractivity contribution < 1.29 is 23.6 Å². The van der Waals surface area contributed by atoms with Crippen molar-refractivity contribution >= 4 is 11.8 Å². The van der Waals surface area contributed by atoms with Crippen molar-refractivity contribution in [3.8, 4) is 0 Å². The van der Waals surface area contributed by atoms with Gasteiger partial charge in [-0.1, -0.05) is 0 Å². The summed E-state index contributed by atoms with van der Waals surface area (Å²) in [4.78, 5) is 23.2. The third-order valence-electron chi connectivity index (χ3n) is 2.14. The minimum absolute atomic E-state index is 0.0329. The van der Waals surface area contributed by atoms with Gasteiger partial charge in [0.1, 0.15) is 0 Å². The summed E-state index contributed by atoms with van der Waals surface area (Å²) >= 11 is 0. The molecule has 0 bridgehead atoms. The van der Waals surface area contributed by atoms with Gasteiger partial charge in [0.15, 0.2) is 0 Å². The summed E-state index contributed by atoms with van der Waals surface area (Å²) in [6.07, 6.45) is -3.54. The Morgan fingerprint density at radius 3 is 2.65 bits per heavy atom. The van der Waals surface area contributed by atoms with Crippen LogP contribution >= 0.6 is 0 Å². The minimum Gasteiger partial charge on any atom is -0.481 e. The van der Waals surface area contributed by atoms with Crippen LogP contribution in [0.25, 0.3) is 0 Å². The van der Waals surface area contributed by atoms with E-state index >= 15 is 0 Å². The maximum Gasteiger partial charge on any atom is 0.364 e. The van der Waals surface area contributed by atoms with Crippen LogP contribution in [-0.2, 0) is 11.2 Å². The van der Waals surface area contributed by atoms with Crippen molar-refractivity contribution in [1.29, 1.82) is 0 Å². The van der Waals surface area contributed by atoms with E-state index in [0.717, 1.165) is 6.07 Å². The molecule has 0 saturated heterocycles. The van der Waals surface area contributed by atoms with Gasteiger partial charge in [-0.25, -0.2) is 8.78 Å². The average Bonchev–Trinajstić information content (AvgIpc) is 2.19. The van der Waals surface area contributed by atoms with Gasteiger partial charge in [0, 0.05) is 11.6 Å². The van der Waals surface area contributed by atoms with Gasteiger partial charge in [-0.15, -0.1) is 0 Å². The van der Waals surface area contributed by atoms with E-state index in [1.54, 1.807) is 0 Å². The molecule has 0 aromatic carbocycles. The Morgan fingerprint density at radius 2 is 2.24 bits per heavy atom. The number of carbonyl (C=O) groups is 1. The lowest BCUT2D eigenvalue weighted by molar-refractivity contribution is -0.389. The maximum atomic E-state index is 12.6. The highest BCUT2D eigenvalue weighted by Crippen LogP contribution is 2.26. The van der Waals surface area contributed by atoms with Crippen molar-refractivity contribution in [1.82, 2.24) is 4.98 Å². The summed E-state index contributed by atoms with van der Waals surface area (Å²) in [5.41, 5.74) is -0.821. The predicted molar refractivity (Wildman–Crippen MR) is 51.9 cm³/mol. The van der Waals surface area contributed by atoms with E-state index in [1.165, 1.54) is 6.92 Å². The first-order valence-corrected chi connectivity index (χ1v) is 4.47. The molecule has 1 N–H and O–H groups in total. The fraction of sp³-hybridized carbons (Fsp3) is 0.333. The number of carboxylic acids is 1. The first-order chi connectivity index (χ1) is 7.82. The number of hydrogen-bond acceptors (Lipinski definition) is 4. The van der Waals surface area contributed by atoms with E-state index < -0.39 is 35.3 Å². The molecule has 0 unspecified atom stereocenters. The van der Waals surface area contributed by atoms with Gasteiger partial charge in [0.2, 0.25) is 5.69 Å². The van der Waals surface area contributed by atoms with E-state index in [1.807, 2.05) is 0 Å². The molecule has 1 heterocycles. The number of pyridine rings is 1. The van der Waals surface area contributed by atoms with Crippen LogP contribution in [0.4, 0.5) is 14.6 Å². The van der Waals surface area contributed by atoms with Crippen LogP contribution in [0, 0.1) is 17.0 Å². The highest BCUT2D eigenvalue weighted by molar-refractivity contribution is 5.71. The summed E-state index contributed by atoms with van der Waals surface area (Å²) in [6.45, 7) is 1.26. The SMILES string of the molecule is Cc1c(CC(=O)O)cc([N+](=O)[O-])nc1C(F)F. The first-order valence-electron chi connectivity index (χ1n) is 4.47. The lowest BCUT2D eigenvalue weighted by Gasteiger charge is -2.05. The molecule has 0 fully saturated rings. The predicted octanol–water partition coefficient (Wildman–Crippen LogP) is 1.86. The smallest absolute Gasteiger partial charge is 0.364 e. The Balaban J connectivity index is 3.37. The number of aliphatic carboxylic acids is 1. The second kappa shape index (κ2) is 4.81. The van der Waals surface area contributed by atoms with Crippen molar-refractivity contribution in [3.63, 3.8) is 0 Å². The monoisotopic (exact) mass is 246 g/mol. The molecule has 0 spiro atoms. The Labute approximate surface area is 94.1 Å². The fourth-order valence-electron chi connectivity index (χ4n) is 1.32. The van der Waals surface area contributed by atoms with E-state index in [2.05, 4.69) is 4.98 Å². The molecular weight excluding hydrogens is 238 g/mol. The number of rotatable bonds is 4. The van der Waals surface area contributed by atoms with Crippen molar-refractivity contribution in [2.45, 2.75) is 19.8 Å². The molecule has 0 aliphatic heterocycles. The van der Waals surface area contributed by atoms with Crippen LogP contribution < -0.4 is 0 Å². The molecule has 17 heavy (non-hydrogen) atoms. The van der Waals surface area contributed by atoms with E-state index in [4.69, 9.17) is 5.11 Å². The van der Waals surface area contributed by atoms with Crippen LogP contribution in [0.15, 0.2) is 6.07 Å². The second-order valence-electron chi connectivity index (χ2n) is 3.28. The minimum atomic E-state index is -2.98. The highest BCUT2D eigenvalue weighted by Gasteiger charge is 2.25. The highest BCUT2D eigenvalue weighted by atomic mass is 19.3. The number of hydrogen-bond donors (Lipinski definition) is 1. The van der Waals surface area contributed by atoms with Crippen LogP contribution in [0.1, 0.15) is 23.2 Å². The van der Waals surface area contributed by atoms with Crippen LogP contribution in [0.5, 0.6) is 0 Å². The summed E-state index contributed by atoms with van der Waals surface area (Å²) in [6, 6.07) is 0.898. The fourth-order valence-corrected chi connectivity index (χ4v) is 1.32. The number of aromatic nitrogens is 1. The molecular formula is C9H8F2N2O4. The molecule has 1 aromatic rings. The van der Waals surface area contributed by atoms with Gasteiger partial charge in [-0.05, 0) is 22.4 Å². The molecule has 0 amide bonds. The Hall–Kier alpha value is -2.12. The van der Waals surface area contributed by atoms with Gasteiger partial charge in [-0.2, -0.15) is 0 Å². The van der Waals surface area contributed by atoms with Crippen LogP contribution in [-0.4, -0.2) is 21.0 Å². The first kappa shape index (κ1) is 12.9. The number of carboxylic acid groups (broad SMARTS) is 1. The van der Waals surface area contributed by atoms with Gasteiger partial charge >= 0.3 is 18.2 Å². The quantitative estimate of drug-likeness (QED) is 0.646. The van der Waals surface area contributed by atoms with Crippen LogP contribution in [0.3, 0.4) is 0 Å². The number of halogens is 2. The zero-order valence-corrected chi connectivity index (χ0v) is 8.68. The molecule has 1 aromatic heterocycles. The van der Waals surface area contributed by atoms with Crippen LogP contribution in [0.2, 0.25) is 0 Å². The van der Waals surface area contributed by atoms with Crippen molar-refractivity contribution in [3.05, 3.63) is 33.0 Å². The van der Waals surface area contributed by atoms with Gasteiger partial charge in [-0.3, -0.25) is 4.79 Å². The number of nitro groups is 1. The normalized spacial score (nSPS) is 10.6. The number of nitrogens with zero attached hydrogens (tertiary/aromatic N) is 2. The van der Waals surface area contributed by atoms with E-state index in [9.17, 15) is 23.7 Å². The summed E-state index contributed by atoms with van der Waals surface area (Å²) in [5, 5.41) is 19.0. The topological polar surface area (TPSA) is 93.3 Å². The Morgan fingerprint density at radius 1 is 1.65 bits per heavy atom. The standard InChI is InChI=1S/C9H8F2N2O4/c1-4-5(3-7(14)15)2-6(13(16)17)12-8(4)9(10)11/h2,9H,3H2,1H3,(H,14,15). The lowest BCUT2D eigenvalue weighted by Crippen LogP contribution is -2.08. The zero-order chi connectivity index (χ0) is 13.2. The molecule has 0 radical (unpaired) electrons. The second-order valence-corrected chi connectivity index (χ2v) is 3.28. The van der Waals surface area contributed by atoms with E-state index in [0.29, 0.717) is 0 Å². The molecule has 0 aliphatic rings. The molecule has 0 saturated carbocycles. The third kappa shape index (κ3) is 2.92. The molecule has 0 aliphatic carbocycles. The third-order valence-corrected chi connectivity index (χ3v) is 2.14. The zero-order valence-electron chi connectivity index (χ0n) is 8.68. The molecule has 6 nitrogen and oxygen atoms in total. The summed E-state index contributed by atoms with van der Waals surface area (Å²) < 4.78 is 25.1. The molecule has 92 valence electrons. The largest absolute Gasteiger partial charge is 0.481 e. The number of alkyl halides is 2. The Kier molecular flexibility index (Phi) is 3.66. The Bertz CT molecular complexity index is 476. The molecule has 0 atom stereocenters. The summed E-state index contributed by atoms with van der Waals surface area (Å²) in [5.74, 6) is -2.03. The lowest BCUT2D eigenvalue weighted by atomic mass is 10.0. The van der Waals surface area contributed by atoms with Gasteiger partial charge in [0.25, 0.3) is 0 Å². The van der Waals surface area contributed by atoms with Crippen molar-refractivity contribution in [2.75, 3.05) is 0 Å². The van der Waals surface area contributed by atoms with Crippen molar-refractivity contribution in [2.24, 2.45) is 0 Å². The van der Waals surface area contributed by atoms with Gasteiger partial charge < -0.3 is 15.2 Å². The maximum absolute atomic E-state index is 12.6. The molecule has 1 rings (SSSR count). The average molecular weight is 246 g/mol. The van der Waals surface area contributed by atoms with E-state index in [-0.39, 0.29) is 11.1 Å². The van der Waals surface area contributed by atoms with Gasteiger partial charge in [0.05, 0.1) is 6.42 Å². The molecule has 8 heteroatoms. The summed E-state index contributed by atoms with van der Waals surface area (Å²) in [7, 11) is 0.